The Balaban J connectivity index is 1.81. The summed E-state index contributed by atoms with van der Waals surface area (Å²) in [4.78, 5) is 12.0. The van der Waals surface area contributed by atoms with Gasteiger partial charge < -0.3 is 15.4 Å². The highest BCUT2D eigenvalue weighted by Crippen LogP contribution is 2.41. The molecule has 128 valence electrons. The molecule has 2 aliphatic carbocycles. The zero-order valence-electron chi connectivity index (χ0n) is 15.2. The van der Waals surface area contributed by atoms with Gasteiger partial charge in [0.05, 0.1) is 0 Å². The van der Waals surface area contributed by atoms with Crippen LogP contribution in [0, 0.1) is 17.3 Å². The van der Waals surface area contributed by atoms with Crippen LogP contribution in [-0.4, -0.2) is 30.3 Å². The van der Waals surface area contributed by atoms with E-state index in [0.29, 0.717) is 23.3 Å². The van der Waals surface area contributed by atoms with E-state index in [9.17, 15) is 4.79 Å². The summed E-state index contributed by atoms with van der Waals surface area (Å²) in [6, 6.07) is 0.766. The summed E-state index contributed by atoms with van der Waals surface area (Å²) >= 11 is 0. The van der Waals surface area contributed by atoms with Crippen molar-refractivity contribution >= 4 is 6.09 Å². The van der Waals surface area contributed by atoms with Crippen LogP contribution in [0.15, 0.2) is 0 Å². The Labute approximate surface area is 135 Å². The minimum absolute atomic E-state index is 0.200. The SMILES string of the molecule is CC1CC(C)(C)CC1NCC(NC(=O)OC(C)(C)C)C1CC1. The van der Waals surface area contributed by atoms with Crippen molar-refractivity contribution in [1.29, 1.82) is 0 Å². The van der Waals surface area contributed by atoms with E-state index < -0.39 is 5.60 Å². The summed E-state index contributed by atoms with van der Waals surface area (Å²) in [7, 11) is 0. The van der Waals surface area contributed by atoms with E-state index in [-0.39, 0.29) is 12.1 Å². The summed E-state index contributed by atoms with van der Waals surface area (Å²) in [5.41, 5.74) is 0.000355. The molecule has 0 bridgehead atoms. The second kappa shape index (κ2) is 6.38. The molecular weight excluding hydrogens is 276 g/mol. The molecule has 2 fully saturated rings. The van der Waals surface area contributed by atoms with Gasteiger partial charge in [0.15, 0.2) is 0 Å². The molecule has 4 heteroatoms. The minimum atomic E-state index is -0.435. The van der Waals surface area contributed by atoms with Gasteiger partial charge in [0.25, 0.3) is 0 Å². The summed E-state index contributed by atoms with van der Waals surface area (Å²) in [6.07, 6.45) is 4.64. The van der Waals surface area contributed by atoms with Crippen molar-refractivity contribution in [2.45, 2.75) is 84.9 Å². The Kier molecular flexibility index (Phi) is 5.10. The van der Waals surface area contributed by atoms with Gasteiger partial charge in [-0.3, -0.25) is 0 Å². The highest BCUT2D eigenvalue weighted by atomic mass is 16.6. The lowest BCUT2D eigenvalue weighted by Crippen LogP contribution is -2.48. The third kappa shape index (κ3) is 5.45. The fourth-order valence-electron chi connectivity index (χ4n) is 3.74. The van der Waals surface area contributed by atoms with Gasteiger partial charge in [-0.2, -0.15) is 0 Å². The molecule has 0 heterocycles. The molecule has 0 aromatic heterocycles. The van der Waals surface area contributed by atoms with Crippen LogP contribution in [0.4, 0.5) is 4.79 Å². The lowest BCUT2D eigenvalue weighted by atomic mass is 9.91. The molecule has 0 saturated heterocycles. The van der Waals surface area contributed by atoms with E-state index in [1.807, 2.05) is 20.8 Å². The average Bonchev–Trinajstić information content (AvgIpc) is 3.09. The number of hydrogen-bond donors (Lipinski definition) is 2. The molecule has 0 spiro atoms. The lowest BCUT2D eigenvalue weighted by molar-refractivity contribution is 0.0496. The summed E-state index contributed by atoms with van der Waals surface area (Å²) in [6.45, 7) is 13.6. The Morgan fingerprint density at radius 3 is 2.36 bits per heavy atom. The van der Waals surface area contributed by atoms with Crippen molar-refractivity contribution in [3.05, 3.63) is 0 Å². The summed E-state index contributed by atoms with van der Waals surface area (Å²) < 4.78 is 5.39. The molecule has 2 saturated carbocycles. The van der Waals surface area contributed by atoms with E-state index in [1.165, 1.54) is 25.7 Å². The van der Waals surface area contributed by atoms with E-state index >= 15 is 0 Å². The standard InChI is InChI=1S/C18H34N2O2/c1-12-9-18(5,6)10-14(12)19-11-15(13-7-8-13)20-16(21)22-17(2,3)4/h12-15,19H,7-11H2,1-6H3,(H,20,21). The molecule has 0 aliphatic heterocycles. The second-order valence-corrected chi connectivity index (χ2v) is 9.15. The zero-order valence-corrected chi connectivity index (χ0v) is 15.2. The van der Waals surface area contributed by atoms with Crippen molar-refractivity contribution < 1.29 is 9.53 Å². The number of hydrogen-bond acceptors (Lipinski definition) is 3. The minimum Gasteiger partial charge on any atom is -0.444 e. The normalized spacial score (nSPS) is 29.2. The third-order valence-corrected chi connectivity index (χ3v) is 4.83. The molecule has 0 aromatic carbocycles. The Morgan fingerprint density at radius 2 is 1.91 bits per heavy atom. The third-order valence-electron chi connectivity index (χ3n) is 4.83. The number of carbonyl (C=O) groups is 1. The van der Waals surface area contributed by atoms with Crippen LogP contribution in [0.3, 0.4) is 0 Å². The van der Waals surface area contributed by atoms with Gasteiger partial charge in [-0.25, -0.2) is 4.79 Å². The second-order valence-electron chi connectivity index (χ2n) is 9.15. The van der Waals surface area contributed by atoms with E-state index in [0.717, 1.165) is 6.54 Å². The van der Waals surface area contributed by atoms with Crippen molar-refractivity contribution in [3.8, 4) is 0 Å². The average molecular weight is 310 g/mol. The molecule has 0 aromatic rings. The largest absolute Gasteiger partial charge is 0.444 e. The molecule has 0 radical (unpaired) electrons. The molecule has 2 aliphatic rings. The van der Waals surface area contributed by atoms with Crippen molar-refractivity contribution in [3.63, 3.8) is 0 Å². The van der Waals surface area contributed by atoms with Crippen LogP contribution >= 0.6 is 0 Å². The molecular formula is C18H34N2O2. The number of rotatable bonds is 5. The van der Waals surface area contributed by atoms with Crippen LogP contribution in [0.1, 0.15) is 67.2 Å². The molecule has 2 N–H and O–H groups in total. The lowest BCUT2D eigenvalue weighted by Gasteiger charge is -2.26. The number of ether oxygens (including phenoxy) is 1. The molecule has 22 heavy (non-hydrogen) atoms. The van der Waals surface area contributed by atoms with Crippen LogP contribution in [0.25, 0.3) is 0 Å². The van der Waals surface area contributed by atoms with Crippen molar-refractivity contribution in [2.75, 3.05) is 6.54 Å². The monoisotopic (exact) mass is 310 g/mol. The van der Waals surface area contributed by atoms with Crippen LogP contribution in [-0.2, 0) is 4.74 Å². The predicted octanol–water partition coefficient (Wildman–Crippen LogP) is 3.70. The first kappa shape index (κ1) is 17.6. The van der Waals surface area contributed by atoms with Crippen LogP contribution < -0.4 is 10.6 Å². The predicted molar refractivity (Wildman–Crippen MR) is 89.9 cm³/mol. The molecule has 1 amide bonds. The molecule has 3 unspecified atom stereocenters. The quantitative estimate of drug-likeness (QED) is 0.814. The summed E-state index contributed by atoms with van der Waals surface area (Å²) in [5.74, 6) is 1.32. The Hall–Kier alpha value is -0.770. The number of carbonyl (C=O) groups excluding carboxylic acids is 1. The van der Waals surface area contributed by atoms with Gasteiger partial charge in [-0.1, -0.05) is 20.8 Å². The van der Waals surface area contributed by atoms with Crippen LogP contribution in [0.5, 0.6) is 0 Å². The van der Waals surface area contributed by atoms with Crippen molar-refractivity contribution in [1.82, 2.24) is 10.6 Å². The highest BCUT2D eigenvalue weighted by molar-refractivity contribution is 5.68. The summed E-state index contributed by atoms with van der Waals surface area (Å²) in [5, 5.41) is 6.78. The fraction of sp³-hybridized carbons (Fsp3) is 0.944. The molecule has 2 rings (SSSR count). The van der Waals surface area contributed by atoms with Crippen molar-refractivity contribution in [2.24, 2.45) is 17.3 Å². The number of nitrogens with one attached hydrogen (secondary N) is 2. The smallest absolute Gasteiger partial charge is 0.407 e. The van der Waals surface area contributed by atoms with Gasteiger partial charge in [0.1, 0.15) is 5.60 Å². The van der Waals surface area contributed by atoms with Gasteiger partial charge in [-0.15, -0.1) is 0 Å². The highest BCUT2D eigenvalue weighted by Gasteiger charge is 2.38. The van der Waals surface area contributed by atoms with Crippen LogP contribution in [0.2, 0.25) is 0 Å². The van der Waals surface area contributed by atoms with Gasteiger partial charge in [0, 0.05) is 18.6 Å². The van der Waals surface area contributed by atoms with E-state index in [1.54, 1.807) is 0 Å². The number of amides is 1. The first-order valence-electron chi connectivity index (χ1n) is 8.79. The van der Waals surface area contributed by atoms with Gasteiger partial charge in [0.2, 0.25) is 0 Å². The van der Waals surface area contributed by atoms with E-state index in [4.69, 9.17) is 4.74 Å². The Bertz CT molecular complexity index is 396. The maximum Gasteiger partial charge on any atom is 0.407 e. The van der Waals surface area contributed by atoms with E-state index in [2.05, 4.69) is 31.4 Å². The number of alkyl carbamates (subject to hydrolysis) is 1. The maximum absolute atomic E-state index is 12.0. The first-order valence-corrected chi connectivity index (χ1v) is 8.79. The molecule has 4 nitrogen and oxygen atoms in total. The zero-order chi connectivity index (χ0) is 16.5. The first-order chi connectivity index (χ1) is 10.1. The Morgan fingerprint density at radius 1 is 1.27 bits per heavy atom. The topological polar surface area (TPSA) is 50.4 Å². The fourth-order valence-corrected chi connectivity index (χ4v) is 3.74. The van der Waals surface area contributed by atoms with Gasteiger partial charge >= 0.3 is 6.09 Å². The van der Waals surface area contributed by atoms with Gasteiger partial charge in [-0.05, 0) is 63.7 Å². The maximum atomic E-state index is 12.0. The molecule has 3 atom stereocenters.